The number of ether oxygens (including phenoxy) is 1. The van der Waals surface area contributed by atoms with E-state index < -0.39 is 0 Å². The van der Waals surface area contributed by atoms with Gasteiger partial charge in [0.05, 0.1) is 6.61 Å². The summed E-state index contributed by atoms with van der Waals surface area (Å²) in [7, 11) is 0. The van der Waals surface area contributed by atoms with Crippen molar-refractivity contribution >= 4 is 16.7 Å². The van der Waals surface area contributed by atoms with Gasteiger partial charge in [0.15, 0.2) is 0 Å². The second-order valence-corrected chi connectivity index (χ2v) is 9.33. The molecule has 4 nitrogen and oxygen atoms in total. The highest BCUT2D eigenvalue weighted by Crippen LogP contribution is 2.26. The zero-order valence-corrected chi connectivity index (χ0v) is 21.4. The molecule has 0 spiro atoms. The summed E-state index contributed by atoms with van der Waals surface area (Å²) >= 11 is 0. The zero-order valence-electron chi connectivity index (χ0n) is 21.4. The van der Waals surface area contributed by atoms with E-state index in [0.29, 0.717) is 18.5 Å². The number of hydrogen-bond acceptors (Lipinski definition) is 3. The van der Waals surface area contributed by atoms with Gasteiger partial charge in [0.25, 0.3) is 5.91 Å². The maximum Gasteiger partial charge on any atom is 0.250 e. The molecule has 0 bridgehead atoms. The molecule has 1 amide bonds. The van der Waals surface area contributed by atoms with Gasteiger partial charge < -0.3 is 15.2 Å². The Morgan fingerprint density at radius 3 is 2.43 bits per heavy atom. The van der Waals surface area contributed by atoms with Gasteiger partial charge in [-0.05, 0) is 72.6 Å². The summed E-state index contributed by atoms with van der Waals surface area (Å²) in [5, 5.41) is 16.9. The largest absolute Gasteiger partial charge is 0.872 e. The highest BCUT2D eigenvalue weighted by molar-refractivity contribution is 6.03. The summed E-state index contributed by atoms with van der Waals surface area (Å²) in [5.41, 5.74) is 2.93. The minimum absolute atomic E-state index is 0.204. The number of benzene rings is 3. The Kier molecular flexibility index (Phi) is 10.9. The molecule has 0 saturated heterocycles. The van der Waals surface area contributed by atoms with Crippen LogP contribution in [-0.2, 0) is 12.8 Å². The fourth-order valence-electron chi connectivity index (χ4n) is 4.40. The number of hydrogen-bond donors (Lipinski definition) is 1. The Balaban J connectivity index is 1.45. The fraction of sp³-hybridized carbons (Fsp3) is 0.452. The number of carbonyl (C=O) groups excluding carboxylic acids is 1. The minimum atomic E-state index is -0.307. The highest BCUT2D eigenvalue weighted by atomic mass is 16.5. The summed E-state index contributed by atoms with van der Waals surface area (Å²) < 4.78 is 6.14. The van der Waals surface area contributed by atoms with Gasteiger partial charge in [0.2, 0.25) is 0 Å². The Labute approximate surface area is 210 Å². The topological polar surface area (TPSA) is 61.4 Å². The van der Waals surface area contributed by atoms with Gasteiger partial charge in [-0.15, -0.1) is 0 Å². The molecule has 0 fully saturated rings. The molecule has 3 aromatic rings. The number of rotatable bonds is 15. The van der Waals surface area contributed by atoms with E-state index in [2.05, 4.69) is 37.4 Å². The molecule has 0 aliphatic heterocycles. The molecule has 0 aromatic heterocycles. The lowest BCUT2D eigenvalue weighted by Gasteiger charge is -2.16. The van der Waals surface area contributed by atoms with E-state index in [1.807, 2.05) is 24.3 Å². The van der Waals surface area contributed by atoms with Gasteiger partial charge in [-0.3, -0.25) is 4.79 Å². The van der Waals surface area contributed by atoms with Crippen LogP contribution in [0.2, 0.25) is 0 Å². The lowest BCUT2D eigenvalue weighted by molar-refractivity contribution is -0.266. The average Bonchev–Trinajstić information content (AvgIpc) is 2.87. The number of aryl methyl sites for hydroxylation is 2. The van der Waals surface area contributed by atoms with Crippen molar-refractivity contribution in [2.24, 2.45) is 0 Å². The number of carbonyl (C=O) groups is 1. The third-order valence-electron chi connectivity index (χ3n) is 6.48. The molecular weight excluding hydrogens is 434 g/mol. The van der Waals surface area contributed by atoms with E-state index in [1.54, 1.807) is 12.1 Å². The van der Waals surface area contributed by atoms with Gasteiger partial charge in [-0.25, -0.2) is 0 Å². The number of nitrogens with one attached hydrogen (secondary N) is 1. The zero-order chi connectivity index (χ0) is 24.9. The average molecular weight is 475 g/mol. The van der Waals surface area contributed by atoms with Crippen LogP contribution in [0.1, 0.15) is 86.7 Å². The van der Waals surface area contributed by atoms with Crippen molar-refractivity contribution in [3.63, 3.8) is 0 Å². The first-order valence-corrected chi connectivity index (χ1v) is 13.4. The number of amides is 1. The van der Waals surface area contributed by atoms with E-state index in [0.717, 1.165) is 36.8 Å². The van der Waals surface area contributed by atoms with E-state index in [1.165, 1.54) is 49.7 Å². The lowest BCUT2D eigenvalue weighted by atomic mass is 10.00. The third-order valence-corrected chi connectivity index (χ3v) is 6.48. The summed E-state index contributed by atoms with van der Waals surface area (Å²) in [6.07, 6.45) is 11.2. The van der Waals surface area contributed by atoms with Crippen LogP contribution in [0.15, 0.2) is 54.6 Å². The molecule has 0 aliphatic rings. The van der Waals surface area contributed by atoms with E-state index in [-0.39, 0.29) is 17.2 Å². The van der Waals surface area contributed by atoms with Gasteiger partial charge in [-0.1, -0.05) is 87.7 Å². The molecular formula is C31H40NO3-. The van der Waals surface area contributed by atoms with Crippen molar-refractivity contribution in [2.75, 3.05) is 13.2 Å². The fourth-order valence-corrected chi connectivity index (χ4v) is 4.40. The van der Waals surface area contributed by atoms with E-state index in [9.17, 15) is 9.90 Å². The molecule has 1 N–H and O–H groups in total. The van der Waals surface area contributed by atoms with Gasteiger partial charge in [0.1, 0.15) is 5.75 Å². The molecule has 35 heavy (non-hydrogen) atoms. The molecule has 0 atom stereocenters. The SMILES string of the molecule is CCCCCc1ccc(OCCCCNC(=O)c2ccc3ccccc3c2[O-])c(CCCCC)c1. The predicted molar refractivity (Wildman–Crippen MR) is 143 cm³/mol. The first kappa shape index (κ1) is 26.6. The monoisotopic (exact) mass is 474 g/mol. The summed E-state index contributed by atoms with van der Waals surface area (Å²) in [5.74, 6) is 0.479. The minimum Gasteiger partial charge on any atom is -0.872 e. The third kappa shape index (κ3) is 8.02. The van der Waals surface area contributed by atoms with Gasteiger partial charge in [-0.2, -0.15) is 0 Å². The molecule has 0 unspecified atom stereocenters. The van der Waals surface area contributed by atoms with Crippen molar-refractivity contribution in [3.05, 3.63) is 71.3 Å². The summed E-state index contributed by atoms with van der Waals surface area (Å²) in [6, 6.07) is 17.5. The van der Waals surface area contributed by atoms with Crippen LogP contribution < -0.4 is 15.2 Å². The Morgan fingerprint density at radius 1 is 0.857 bits per heavy atom. The maximum absolute atomic E-state index is 12.6. The first-order valence-electron chi connectivity index (χ1n) is 13.4. The Bertz CT molecular complexity index is 1080. The van der Waals surface area contributed by atoms with Gasteiger partial charge in [0, 0.05) is 12.1 Å². The quantitative estimate of drug-likeness (QED) is 0.242. The number of unbranched alkanes of at least 4 members (excludes halogenated alkanes) is 5. The second kappa shape index (κ2) is 14.4. The molecule has 3 rings (SSSR count). The molecule has 0 saturated carbocycles. The standard InChI is InChI=1S/C31H41NO3/c1-3-5-7-13-24-17-20-29(26(23-24)15-8-6-4-2)35-22-12-11-21-32-31(34)28-19-18-25-14-9-10-16-27(25)30(28)33/h9-10,14,16-20,23,33H,3-8,11-13,15,21-22H2,1-2H3,(H,32,34)/p-1. The van der Waals surface area contributed by atoms with Crippen LogP contribution in [0.5, 0.6) is 11.5 Å². The van der Waals surface area contributed by atoms with E-state index in [4.69, 9.17) is 4.74 Å². The molecule has 0 aliphatic carbocycles. The normalized spacial score (nSPS) is 11.0. The van der Waals surface area contributed by atoms with Crippen LogP contribution >= 0.6 is 0 Å². The number of fused-ring (bicyclic) bond motifs is 1. The molecule has 4 heteroatoms. The molecule has 0 radical (unpaired) electrons. The predicted octanol–water partition coefficient (Wildman–Crippen LogP) is 6.97. The van der Waals surface area contributed by atoms with Crippen molar-refractivity contribution in [1.82, 2.24) is 5.32 Å². The maximum atomic E-state index is 12.6. The highest BCUT2D eigenvalue weighted by Gasteiger charge is 2.09. The van der Waals surface area contributed by atoms with Crippen LogP contribution in [0.3, 0.4) is 0 Å². The lowest BCUT2D eigenvalue weighted by Crippen LogP contribution is -2.25. The second-order valence-electron chi connectivity index (χ2n) is 9.33. The van der Waals surface area contributed by atoms with Crippen molar-refractivity contribution in [2.45, 2.75) is 78.1 Å². The summed E-state index contributed by atoms with van der Waals surface area (Å²) in [4.78, 5) is 12.5. The van der Waals surface area contributed by atoms with Crippen molar-refractivity contribution in [3.8, 4) is 11.5 Å². The van der Waals surface area contributed by atoms with Gasteiger partial charge >= 0.3 is 0 Å². The molecule has 188 valence electrons. The van der Waals surface area contributed by atoms with E-state index >= 15 is 0 Å². The van der Waals surface area contributed by atoms with Crippen LogP contribution in [0.25, 0.3) is 10.8 Å². The van der Waals surface area contributed by atoms with Crippen molar-refractivity contribution in [1.29, 1.82) is 0 Å². The van der Waals surface area contributed by atoms with Crippen LogP contribution in [0.4, 0.5) is 0 Å². The first-order chi connectivity index (χ1) is 17.1. The van der Waals surface area contributed by atoms with Crippen LogP contribution in [-0.4, -0.2) is 19.1 Å². The van der Waals surface area contributed by atoms with Crippen molar-refractivity contribution < 1.29 is 14.6 Å². The Hall–Kier alpha value is -3.01. The smallest absolute Gasteiger partial charge is 0.250 e. The van der Waals surface area contributed by atoms with Crippen LogP contribution in [0, 0.1) is 0 Å². The molecule has 3 aromatic carbocycles. The Morgan fingerprint density at radius 2 is 1.63 bits per heavy atom. The summed E-state index contributed by atoms with van der Waals surface area (Å²) in [6.45, 7) is 5.61. The molecule has 0 heterocycles.